The van der Waals surface area contributed by atoms with Gasteiger partial charge in [-0.2, -0.15) is 0 Å². The molecule has 2 aromatic rings. The molecule has 0 fully saturated rings. The summed E-state index contributed by atoms with van der Waals surface area (Å²) in [7, 11) is -2.38. The van der Waals surface area contributed by atoms with Crippen LogP contribution >= 0.6 is 0 Å². The lowest BCUT2D eigenvalue weighted by atomic mass is 10.2. The molecule has 2 rings (SSSR count). The van der Waals surface area contributed by atoms with Crippen molar-refractivity contribution in [1.82, 2.24) is 0 Å². The van der Waals surface area contributed by atoms with Crippen molar-refractivity contribution in [1.29, 1.82) is 0 Å². The Bertz CT molecular complexity index is 620. The third-order valence-corrected chi connectivity index (χ3v) is 9.90. The van der Waals surface area contributed by atoms with Gasteiger partial charge in [0.15, 0.2) is 0 Å². The fourth-order valence-corrected chi connectivity index (χ4v) is 8.21. The molecule has 3 heteroatoms. The normalized spacial score (nSPS) is 12.6. The monoisotopic (exact) mass is 368 g/mol. The molecule has 0 saturated carbocycles. The van der Waals surface area contributed by atoms with Crippen LogP contribution in [0.5, 0.6) is 0 Å². The Kier molecular flexibility index (Phi) is 7.67. The highest BCUT2D eigenvalue weighted by molar-refractivity contribution is 6.99. The zero-order valence-corrected chi connectivity index (χ0v) is 17.3. The summed E-state index contributed by atoms with van der Waals surface area (Å²) < 4.78 is 6.84. The molecule has 0 bridgehead atoms. The van der Waals surface area contributed by atoms with E-state index in [0.717, 1.165) is 38.6 Å². The molecule has 0 saturated heterocycles. The summed E-state index contributed by atoms with van der Waals surface area (Å²) in [4.78, 5) is 0. The summed E-state index contributed by atoms with van der Waals surface area (Å²) >= 11 is 0. The van der Waals surface area contributed by atoms with Gasteiger partial charge in [0.1, 0.15) is 0 Å². The molecule has 1 N–H and O–H groups in total. The maximum Gasteiger partial charge on any atom is 0.261 e. The van der Waals surface area contributed by atoms with Gasteiger partial charge in [0.25, 0.3) is 8.32 Å². The van der Waals surface area contributed by atoms with Gasteiger partial charge in [0, 0.05) is 6.61 Å². The number of benzene rings is 2. The van der Waals surface area contributed by atoms with Crippen molar-refractivity contribution < 1.29 is 9.53 Å². The van der Waals surface area contributed by atoms with Gasteiger partial charge in [0.05, 0.1) is 6.26 Å². The van der Waals surface area contributed by atoms with E-state index in [9.17, 15) is 0 Å². The first-order valence-corrected chi connectivity index (χ1v) is 11.5. The van der Waals surface area contributed by atoms with Crippen molar-refractivity contribution in [2.75, 3.05) is 6.61 Å². The van der Waals surface area contributed by atoms with Crippen LogP contribution in [0.4, 0.5) is 0 Å². The zero-order chi connectivity index (χ0) is 18.9. The third kappa shape index (κ3) is 4.86. The first kappa shape index (κ1) is 20.5. The highest BCUT2D eigenvalue weighted by Crippen LogP contribution is 2.36. The van der Waals surface area contributed by atoms with Crippen LogP contribution in [0.1, 0.15) is 46.5 Å². The van der Waals surface area contributed by atoms with Crippen LogP contribution in [-0.4, -0.2) is 20.0 Å². The minimum Gasteiger partial charge on any atom is -0.516 e. The second-order valence-electron chi connectivity index (χ2n) is 7.75. The van der Waals surface area contributed by atoms with Gasteiger partial charge < -0.3 is 9.53 Å². The number of aliphatic hydroxyl groups is 1. The summed E-state index contributed by atoms with van der Waals surface area (Å²) in [5.74, 6) is 0. The highest BCUT2D eigenvalue weighted by Gasteiger charge is 2.49. The van der Waals surface area contributed by atoms with Crippen LogP contribution in [0, 0.1) is 0 Å². The Hall–Kier alpha value is -1.84. The van der Waals surface area contributed by atoms with Gasteiger partial charge in [-0.15, -0.1) is 0 Å². The zero-order valence-electron chi connectivity index (χ0n) is 16.3. The third-order valence-electron chi connectivity index (χ3n) is 4.86. The Morgan fingerprint density at radius 3 is 1.85 bits per heavy atom. The van der Waals surface area contributed by atoms with Gasteiger partial charge in [-0.1, -0.05) is 93.9 Å². The van der Waals surface area contributed by atoms with Gasteiger partial charge in [0.2, 0.25) is 0 Å². The lowest BCUT2D eigenvalue weighted by molar-refractivity contribution is 0.287. The molecule has 0 aromatic heterocycles. The van der Waals surface area contributed by atoms with Crippen LogP contribution in [0.15, 0.2) is 73.0 Å². The van der Waals surface area contributed by atoms with Crippen molar-refractivity contribution in [2.24, 2.45) is 0 Å². The van der Waals surface area contributed by atoms with Crippen molar-refractivity contribution in [3.63, 3.8) is 0 Å². The Morgan fingerprint density at radius 1 is 0.846 bits per heavy atom. The second kappa shape index (κ2) is 9.74. The topological polar surface area (TPSA) is 29.5 Å². The van der Waals surface area contributed by atoms with E-state index in [1.54, 1.807) is 0 Å². The molecule has 0 aliphatic carbocycles. The largest absolute Gasteiger partial charge is 0.516 e. The van der Waals surface area contributed by atoms with Crippen molar-refractivity contribution in [3.05, 3.63) is 73.0 Å². The van der Waals surface area contributed by atoms with E-state index >= 15 is 0 Å². The van der Waals surface area contributed by atoms with Crippen molar-refractivity contribution in [3.8, 4) is 0 Å². The van der Waals surface area contributed by atoms with E-state index in [2.05, 4.69) is 81.4 Å². The van der Waals surface area contributed by atoms with E-state index < -0.39 is 8.32 Å². The van der Waals surface area contributed by atoms with E-state index in [-0.39, 0.29) is 5.04 Å². The number of unbranched alkanes of at least 4 members (excludes halogenated alkanes) is 3. The molecule has 26 heavy (non-hydrogen) atoms. The molecule has 0 aliphatic rings. The van der Waals surface area contributed by atoms with E-state index in [1.165, 1.54) is 10.4 Å². The molecule has 0 atom stereocenters. The Balaban J connectivity index is 2.26. The van der Waals surface area contributed by atoms with Crippen LogP contribution < -0.4 is 10.4 Å². The van der Waals surface area contributed by atoms with Crippen LogP contribution in [0.25, 0.3) is 0 Å². The van der Waals surface area contributed by atoms with Crippen LogP contribution in [0.3, 0.4) is 0 Å². The molecule has 0 radical (unpaired) electrons. The Morgan fingerprint density at radius 2 is 1.38 bits per heavy atom. The smallest absolute Gasteiger partial charge is 0.261 e. The van der Waals surface area contributed by atoms with E-state index in [1.807, 2.05) is 6.08 Å². The fourth-order valence-electron chi connectivity index (χ4n) is 3.60. The molecule has 2 nitrogen and oxygen atoms in total. The molecule has 0 heterocycles. The molecule has 0 aliphatic heterocycles. The van der Waals surface area contributed by atoms with E-state index in [0.29, 0.717) is 0 Å². The lowest BCUT2D eigenvalue weighted by Crippen LogP contribution is -2.66. The minimum atomic E-state index is -2.38. The van der Waals surface area contributed by atoms with Gasteiger partial charge in [-0.05, 0) is 34.7 Å². The molecule has 0 unspecified atom stereocenters. The molecule has 2 aromatic carbocycles. The first-order chi connectivity index (χ1) is 12.5. The van der Waals surface area contributed by atoms with Gasteiger partial charge >= 0.3 is 0 Å². The van der Waals surface area contributed by atoms with Gasteiger partial charge in [-0.3, -0.25) is 0 Å². The number of rotatable bonds is 9. The number of hydrogen-bond acceptors (Lipinski definition) is 2. The summed E-state index contributed by atoms with van der Waals surface area (Å²) in [5.41, 5.74) is 0. The number of hydrogen-bond donors (Lipinski definition) is 1. The fraction of sp³-hybridized carbons (Fsp3) is 0.391. The molecular weight excluding hydrogens is 336 g/mol. The highest BCUT2D eigenvalue weighted by atomic mass is 28.4. The van der Waals surface area contributed by atoms with E-state index in [4.69, 9.17) is 9.53 Å². The van der Waals surface area contributed by atoms with Crippen molar-refractivity contribution in [2.45, 2.75) is 51.5 Å². The van der Waals surface area contributed by atoms with Gasteiger partial charge in [-0.25, -0.2) is 0 Å². The van der Waals surface area contributed by atoms with Crippen LogP contribution in [0.2, 0.25) is 5.04 Å². The second-order valence-corrected chi connectivity index (χ2v) is 12.1. The molecule has 0 amide bonds. The lowest BCUT2D eigenvalue weighted by Gasteiger charge is -2.43. The van der Waals surface area contributed by atoms with Crippen LogP contribution in [-0.2, 0) is 4.43 Å². The minimum absolute atomic E-state index is 0.0370. The molecular formula is C23H32O2Si. The average Bonchev–Trinajstić information content (AvgIpc) is 2.64. The Labute approximate surface area is 159 Å². The standard InChI is InChI=1S/C23H32O2Si/c1-23(2,3)26(21-15-9-7-10-16-21,22-17-11-8-12-18-22)25-20-14-6-4-5-13-19-24/h7-13,15-19,24H,4-6,14,20H2,1-3H3. The average molecular weight is 369 g/mol. The van der Waals surface area contributed by atoms with Crippen molar-refractivity contribution >= 4 is 18.7 Å². The number of allylic oxidation sites excluding steroid dienone is 1. The predicted octanol–water partition coefficient (Wildman–Crippen LogP) is 5.20. The summed E-state index contributed by atoms with van der Waals surface area (Å²) in [5, 5.41) is 11.4. The summed E-state index contributed by atoms with van der Waals surface area (Å²) in [6.07, 6.45) is 7.12. The predicted molar refractivity (Wildman–Crippen MR) is 114 cm³/mol. The maximum absolute atomic E-state index is 8.72. The maximum atomic E-state index is 8.72. The summed E-state index contributed by atoms with van der Waals surface area (Å²) in [6.45, 7) is 7.71. The SMILES string of the molecule is CC(C)(C)[Si](OCCCCCC=CO)(c1ccccc1)c1ccccc1. The molecule has 140 valence electrons. The molecule has 0 spiro atoms. The summed E-state index contributed by atoms with van der Waals surface area (Å²) in [6, 6.07) is 21.6. The first-order valence-electron chi connectivity index (χ1n) is 9.56. The quantitative estimate of drug-likeness (QED) is 0.375. The number of aliphatic hydroxyl groups excluding tert-OH is 1.